The van der Waals surface area contributed by atoms with Gasteiger partial charge in [0, 0.05) is 19.2 Å². The Morgan fingerprint density at radius 2 is 1.69 bits per heavy atom. The zero-order chi connectivity index (χ0) is 25.2. The van der Waals surface area contributed by atoms with Crippen LogP contribution in [0.3, 0.4) is 0 Å². The first kappa shape index (κ1) is 24.4. The van der Waals surface area contributed by atoms with Gasteiger partial charge in [-0.2, -0.15) is 0 Å². The molecule has 4 rings (SSSR count). The molecule has 8 nitrogen and oxygen atoms in total. The third-order valence-electron chi connectivity index (χ3n) is 6.28. The van der Waals surface area contributed by atoms with E-state index in [1.54, 1.807) is 43.3 Å². The lowest BCUT2D eigenvalue weighted by molar-refractivity contribution is -0.124. The molecule has 1 aliphatic rings. The first-order chi connectivity index (χ1) is 16.7. The van der Waals surface area contributed by atoms with Gasteiger partial charge >= 0.3 is 0 Å². The van der Waals surface area contributed by atoms with E-state index in [4.69, 9.17) is 9.88 Å². The summed E-state index contributed by atoms with van der Waals surface area (Å²) in [5, 5.41) is 8.15. The largest absolute Gasteiger partial charge is 0.497 e. The van der Waals surface area contributed by atoms with E-state index in [1.165, 1.54) is 12.1 Å². The lowest BCUT2D eigenvalue weighted by atomic mass is 9.79. The van der Waals surface area contributed by atoms with Crippen molar-refractivity contribution in [1.82, 2.24) is 10.2 Å². The SMILES string of the molecule is COc1ccc([C@H]2[C@H](C(=O)NCCc3ccc(S(N)(=O)=O)cc3)c3ccccc3C(=O)N2C)cc1. The fourth-order valence-electron chi connectivity index (χ4n) is 4.46. The topological polar surface area (TPSA) is 119 Å². The second-order valence-electron chi connectivity index (χ2n) is 8.43. The minimum absolute atomic E-state index is 0.0409. The van der Waals surface area contributed by atoms with Crippen molar-refractivity contribution in [2.24, 2.45) is 5.14 Å². The molecule has 0 spiro atoms. The van der Waals surface area contributed by atoms with Gasteiger partial charge < -0.3 is 15.0 Å². The Hall–Kier alpha value is -3.69. The van der Waals surface area contributed by atoms with Crippen molar-refractivity contribution < 1.29 is 22.7 Å². The predicted molar refractivity (Wildman–Crippen MR) is 132 cm³/mol. The van der Waals surface area contributed by atoms with Gasteiger partial charge in [-0.05, 0) is 53.4 Å². The van der Waals surface area contributed by atoms with Crippen LogP contribution in [0.5, 0.6) is 5.75 Å². The van der Waals surface area contributed by atoms with E-state index in [-0.39, 0.29) is 16.7 Å². The van der Waals surface area contributed by atoms with Crippen LogP contribution in [0.2, 0.25) is 0 Å². The van der Waals surface area contributed by atoms with Gasteiger partial charge in [-0.3, -0.25) is 9.59 Å². The molecule has 0 fully saturated rings. The number of hydrogen-bond acceptors (Lipinski definition) is 5. The van der Waals surface area contributed by atoms with E-state index in [0.29, 0.717) is 29.8 Å². The number of nitrogens with two attached hydrogens (primary N) is 1. The number of sulfonamides is 1. The van der Waals surface area contributed by atoms with Gasteiger partial charge in [-0.15, -0.1) is 0 Å². The van der Waals surface area contributed by atoms with E-state index in [1.807, 2.05) is 36.4 Å². The van der Waals surface area contributed by atoms with E-state index in [0.717, 1.165) is 11.1 Å². The molecule has 0 aromatic heterocycles. The van der Waals surface area contributed by atoms with Crippen molar-refractivity contribution in [3.63, 3.8) is 0 Å². The fourth-order valence-corrected chi connectivity index (χ4v) is 4.98. The normalized spacial score (nSPS) is 17.6. The van der Waals surface area contributed by atoms with Crippen LogP contribution < -0.4 is 15.2 Å². The molecular formula is C26H27N3O5S. The van der Waals surface area contributed by atoms with Crippen molar-refractivity contribution in [2.45, 2.75) is 23.3 Å². The average Bonchev–Trinajstić information content (AvgIpc) is 2.86. The maximum Gasteiger partial charge on any atom is 0.254 e. The van der Waals surface area contributed by atoms with Gasteiger partial charge in [-0.25, -0.2) is 13.6 Å². The molecule has 0 saturated carbocycles. The van der Waals surface area contributed by atoms with Gasteiger partial charge in [0.15, 0.2) is 0 Å². The molecule has 2 amide bonds. The van der Waals surface area contributed by atoms with Gasteiger partial charge in [0.25, 0.3) is 5.91 Å². The second-order valence-corrected chi connectivity index (χ2v) is 9.99. The summed E-state index contributed by atoms with van der Waals surface area (Å²) in [4.78, 5) is 28.3. The molecule has 2 atom stereocenters. The number of rotatable bonds is 7. The van der Waals surface area contributed by atoms with Crippen molar-refractivity contribution in [3.8, 4) is 5.75 Å². The highest BCUT2D eigenvalue weighted by Gasteiger charge is 2.42. The smallest absolute Gasteiger partial charge is 0.254 e. The summed E-state index contributed by atoms with van der Waals surface area (Å²) in [5.74, 6) is -0.250. The number of likely N-dealkylation sites (N-methyl/N-ethyl adjacent to an activating group) is 1. The van der Waals surface area contributed by atoms with Crippen LogP contribution in [0.1, 0.15) is 39.0 Å². The molecule has 9 heteroatoms. The predicted octanol–water partition coefficient (Wildman–Crippen LogP) is 2.61. The molecular weight excluding hydrogens is 466 g/mol. The molecule has 0 radical (unpaired) electrons. The van der Waals surface area contributed by atoms with Crippen LogP contribution >= 0.6 is 0 Å². The molecule has 182 valence electrons. The molecule has 0 saturated heterocycles. The first-order valence-electron chi connectivity index (χ1n) is 11.1. The number of hydrogen-bond donors (Lipinski definition) is 2. The molecule has 3 N–H and O–H groups in total. The quantitative estimate of drug-likeness (QED) is 0.525. The number of nitrogens with one attached hydrogen (secondary N) is 1. The molecule has 35 heavy (non-hydrogen) atoms. The number of benzene rings is 3. The molecule has 1 heterocycles. The van der Waals surface area contributed by atoms with E-state index in [9.17, 15) is 18.0 Å². The number of amides is 2. The minimum Gasteiger partial charge on any atom is -0.497 e. The van der Waals surface area contributed by atoms with Crippen molar-refractivity contribution in [3.05, 3.63) is 95.1 Å². The Morgan fingerprint density at radius 1 is 1.03 bits per heavy atom. The Balaban J connectivity index is 1.58. The Morgan fingerprint density at radius 3 is 2.31 bits per heavy atom. The van der Waals surface area contributed by atoms with Crippen molar-refractivity contribution in [2.75, 3.05) is 20.7 Å². The molecule has 0 unspecified atom stereocenters. The minimum atomic E-state index is -3.75. The van der Waals surface area contributed by atoms with Crippen LogP contribution in [0.25, 0.3) is 0 Å². The van der Waals surface area contributed by atoms with Crippen LogP contribution in [0.15, 0.2) is 77.7 Å². The molecule has 0 bridgehead atoms. The fraction of sp³-hybridized carbons (Fsp3) is 0.231. The summed E-state index contributed by atoms with van der Waals surface area (Å²) in [6.07, 6.45) is 0.507. The van der Waals surface area contributed by atoms with Gasteiger partial charge in [0.2, 0.25) is 15.9 Å². The van der Waals surface area contributed by atoms with Crippen LogP contribution in [-0.2, 0) is 21.2 Å². The highest BCUT2D eigenvalue weighted by Crippen LogP contribution is 2.42. The third kappa shape index (κ3) is 5.06. The Bertz CT molecular complexity index is 1340. The molecule has 1 aliphatic heterocycles. The number of carbonyl (C=O) groups is 2. The lowest BCUT2D eigenvalue weighted by Crippen LogP contribution is -2.45. The second kappa shape index (κ2) is 9.89. The number of primary sulfonamides is 1. The zero-order valence-corrected chi connectivity index (χ0v) is 20.3. The van der Waals surface area contributed by atoms with E-state index >= 15 is 0 Å². The maximum absolute atomic E-state index is 13.5. The summed E-state index contributed by atoms with van der Waals surface area (Å²) >= 11 is 0. The molecule has 3 aromatic rings. The lowest BCUT2D eigenvalue weighted by Gasteiger charge is -2.39. The maximum atomic E-state index is 13.5. The number of nitrogens with zero attached hydrogens (tertiary/aromatic N) is 1. The third-order valence-corrected chi connectivity index (χ3v) is 7.21. The van der Waals surface area contributed by atoms with Crippen LogP contribution in [0, 0.1) is 0 Å². The summed E-state index contributed by atoms with van der Waals surface area (Å²) in [6, 6.07) is 20.3. The summed E-state index contributed by atoms with van der Waals surface area (Å²) in [7, 11) is -0.461. The number of carbonyl (C=O) groups excluding carboxylic acids is 2. The first-order valence-corrected chi connectivity index (χ1v) is 12.6. The number of methoxy groups -OCH3 is 1. The number of ether oxygens (including phenoxy) is 1. The monoisotopic (exact) mass is 493 g/mol. The standard InChI is InChI=1S/C26H27N3O5S/c1-29-24(18-9-11-19(34-2)12-10-18)23(21-5-3-4-6-22(21)26(29)31)25(30)28-16-15-17-7-13-20(14-8-17)35(27,32)33/h3-14,23-24H,15-16H2,1-2H3,(H,28,30)(H2,27,32,33)/t23-,24+/m1/s1. The van der Waals surface area contributed by atoms with Gasteiger partial charge in [-0.1, -0.05) is 42.5 Å². The van der Waals surface area contributed by atoms with Gasteiger partial charge in [0.05, 0.1) is 24.0 Å². The van der Waals surface area contributed by atoms with E-state index in [2.05, 4.69) is 5.32 Å². The zero-order valence-electron chi connectivity index (χ0n) is 19.5. The molecule has 3 aromatic carbocycles. The van der Waals surface area contributed by atoms with Crippen molar-refractivity contribution in [1.29, 1.82) is 0 Å². The average molecular weight is 494 g/mol. The molecule has 0 aliphatic carbocycles. The van der Waals surface area contributed by atoms with Crippen molar-refractivity contribution >= 4 is 21.8 Å². The van der Waals surface area contributed by atoms with Crippen LogP contribution in [0.4, 0.5) is 0 Å². The summed E-state index contributed by atoms with van der Waals surface area (Å²) < 4.78 is 28.1. The Kier molecular flexibility index (Phi) is 6.90. The number of fused-ring (bicyclic) bond motifs is 1. The summed E-state index contributed by atoms with van der Waals surface area (Å²) in [6.45, 7) is 0.346. The van der Waals surface area contributed by atoms with Gasteiger partial charge in [0.1, 0.15) is 5.75 Å². The highest BCUT2D eigenvalue weighted by atomic mass is 32.2. The Labute approximate surface area is 204 Å². The highest BCUT2D eigenvalue weighted by molar-refractivity contribution is 7.89. The summed E-state index contributed by atoms with van der Waals surface area (Å²) in [5.41, 5.74) is 2.89. The van der Waals surface area contributed by atoms with Crippen LogP contribution in [-0.4, -0.2) is 45.8 Å². The van der Waals surface area contributed by atoms with E-state index < -0.39 is 22.0 Å².